The second-order valence-electron chi connectivity index (χ2n) is 10.6. The summed E-state index contributed by atoms with van der Waals surface area (Å²) in [6, 6.07) is 7.85. The number of quaternary nitrogens is 1. The summed E-state index contributed by atoms with van der Waals surface area (Å²) in [6.07, 6.45) is -0.971. The molecule has 0 spiro atoms. The number of carbonyl (C=O) groups is 3. The highest BCUT2D eigenvalue weighted by Crippen LogP contribution is 2.02. The van der Waals surface area contributed by atoms with Crippen molar-refractivity contribution in [1.29, 1.82) is 0 Å². The highest BCUT2D eigenvalue weighted by atomic mass is 16.4. The van der Waals surface area contributed by atoms with Crippen LogP contribution in [0.4, 0.5) is 0 Å². The Kier molecular flexibility index (Phi) is 39.2. The van der Waals surface area contributed by atoms with Crippen LogP contribution in [0.5, 0.6) is 0 Å². The van der Waals surface area contributed by atoms with Crippen LogP contribution in [0.15, 0.2) is 30.3 Å². The Morgan fingerprint density at radius 3 is 1.24 bits per heavy atom. The number of nitrogens with zero attached hydrogens (tertiary/aromatic N) is 1. The lowest BCUT2D eigenvalue weighted by Gasteiger charge is -2.21. The predicted octanol–water partition coefficient (Wildman–Crippen LogP) is -3.54. The smallest absolute Gasteiger partial charge is 0.320 e. The second kappa shape index (κ2) is 34.1. The average Bonchev–Trinajstić information content (AvgIpc) is 2.97. The van der Waals surface area contributed by atoms with Gasteiger partial charge in [0.15, 0.2) is 0 Å². The van der Waals surface area contributed by atoms with E-state index in [1.54, 1.807) is 0 Å². The largest absolute Gasteiger partial charge is 0.480 e. The van der Waals surface area contributed by atoms with Gasteiger partial charge < -0.3 is 72.7 Å². The van der Waals surface area contributed by atoms with Crippen LogP contribution in [0.3, 0.4) is 0 Å². The molecule has 0 heterocycles. The van der Waals surface area contributed by atoms with Gasteiger partial charge in [-0.15, -0.1) is 0 Å². The zero-order valence-corrected chi connectivity index (χ0v) is 27.0. The van der Waals surface area contributed by atoms with Crippen molar-refractivity contribution in [3.05, 3.63) is 35.9 Å². The van der Waals surface area contributed by atoms with Crippen LogP contribution in [0.1, 0.15) is 25.8 Å². The summed E-state index contributed by atoms with van der Waals surface area (Å²) in [6.45, 7) is 3.27. The zero-order valence-electron chi connectivity index (χ0n) is 27.0. The minimum absolute atomic E-state index is 0.278. The molecular formula is C28H59N4O13+. The molecule has 0 fully saturated rings. The van der Waals surface area contributed by atoms with Crippen LogP contribution in [-0.2, 0) is 20.8 Å². The number of carboxylic acid groups (broad SMARTS) is 3. The lowest BCUT2D eigenvalue weighted by molar-refractivity contribution is -0.870. The summed E-state index contributed by atoms with van der Waals surface area (Å²) in [7, 11) is 6.16. The second-order valence-corrected chi connectivity index (χ2v) is 10.6. The lowest BCUT2D eigenvalue weighted by atomic mass is 10.1. The van der Waals surface area contributed by atoms with E-state index in [4.69, 9.17) is 62.5 Å². The quantitative estimate of drug-likeness (QED) is 0.0912. The molecule has 0 aliphatic heterocycles. The topological polar surface area (TPSA) is 332 Å². The van der Waals surface area contributed by atoms with Crippen molar-refractivity contribution < 1.29 is 69.9 Å². The predicted molar refractivity (Wildman–Crippen MR) is 168 cm³/mol. The Morgan fingerprint density at radius 1 is 0.733 bits per heavy atom. The number of hydrogen-bond donors (Lipinski definition) is 13. The van der Waals surface area contributed by atoms with Crippen LogP contribution in [-0.4, -0.2) is 165 Å². The maximum Gasteiger partial charge on any atom is 0.320 e. The van der Waals surface area contributed by atoms with Crippen molar-refractivity contribution in [3.8, 4) is 0 Å². The van der Waals surface area contributed by atoms with Crippen molar-refractivity contribution in [3.63, 3.8) is 0 Å². The lowest BCUT2D eigenvalue weighted by Crippen LogP contribution is -2.36. The van der Waals surface area contributed by atoms with Gasteiger partial charge >= 0.3 is 17.9 Å². The molecule has 17 nitrogen and oxygen atoms in total. The third-order valence-electron chi connectivity index (χ3n) is 4.45. The van der Waals surface area contributed by atoms with E-state index in [0.29, 0.717) is 18.8 Å². The molecule has 268 valence electrons. The van der Waals surface area contributed by atoms with Gasteiger partial charge in [0.2, 0.25) is 0 Å². The van der Waals surface area contributed by atoms with E-state index in [2.05, 4.69) is 26.9 Å². The van der Waals surface area contributed by atoms with E-state index in [1.807, 2.05) is 44.2 Å². The minimum Gasteiger partial charge on any atom is -0.480 e. The molecule has 16 N–H and O–H groups in total. The molecule has 0 amide bonds. The number of hydrogen-bond acceptors (Lipinski definition) is 13. The molecular weight excluding hydrogens is 600 g/mol. The molecule has 1 rings (SSSR count). The first-order valence-electron chi connectivity index (χ1n) is 13.8. The van der Waals surface area contributed by atoms with E-state index in [9.17, 15) is 14.4 Å². The Balaban J connectivity index is -0.000000147. The summed E-state index contributed by atoms with van der Waals surface area (Å²) in [5, 5.41) is 80.8. The molecule has 0 radical (unpaired) electrons. The van der Waals surface area contributed by atoms with Crippen LogP contribution >= 0.6 is 0 Å². The Hall–Kier alpha value is -2.81. The number of carboxylic acids is 3. The number of aliphatic hydroxyl groups excluding tert-OH is 7. The molecule has 1 aromatic carbocycles. The Morgan fingerprint density at radius 2 is 1.09 bits per heavy atom. The molecule has 45 heavy (non-hydrogen) atoms. The summed E-state index contributed by atoms with van der Waals surface area (Å²) in [5.41, 5.74) is 16.1. The van der Waals surface area contributed by atoms with Crippen molar-refractivity contribution in [2.45, 2.75) is 51.0 Å². The molecule has 0 aliphatic rings. The summed E-state index contributed by atoms with van der Waals surface area (Å²) in [4.78, 5) is 29.7. The first-order chi connectivity index (χ1) is 20.7. The fraction of sp³-hybridized carbons (Fsp3) is 0.679. The zero-order chi connectivity index (χ0) is 36.6. The molecule has 0 aromatic heterocycles. The number of likely N-dealkylation sites (N-methyl/N-ethyl adjacent to an activating group) is 1. The maximum absolute atomic E-state index is 10.4. The molecule has 0 bridgehead atoms. The molecule has 1 aromatic rings. The van der Waals surface area contributed by atoms with Gasteiger partial charge in [0, 0.05) is 0 Å². The molecule has 2 atom stereocenters. The van der Waals surface area contributed by atoms with Gasteiger partial charge in [0.1, 0.15) is 30.8 Å². The molecule has 0 saturated heterocycles. The third-order valence-corrected chi connectivity index (χ3v) is 4.45. The van der Waals surface area contributed by atoms with Gasteiger partial charge in [-0.1, -0.05) is 44.2 Å². The van der Waals surface area contributed by atoms with E-state index in [-0.39, 0.29) is 39.6 Å². The highest BCUT2D eigenvalue weighted by molar-refractivity contribution is 5.73. The fourth-order valence-electron chi connectivity index (χ4n) is 1.98. The maximum atomic E-state index is 10.4. The van der Waals surface area contributed by atoms with Gasteiger partial charge in [-0.05, 0) is 24.3 Å². The highest BCUT2D eigenvalue weighted by Gasteiger charge is 2.12. The number of aliphatic hydroxyl groups is 7. The van der Waals surface area contributed by atoms with Crippen LogP contribution < -0.4 is 17.2 Å². The SMILES string of the molecule is CC(C)C[C@H](N)C(=O)O.C[N+](C)(C)CCO.NCC(=O)O.N[C@@H](Cc1ccccc1)C(=O)O.OCC(O)CO.OCC(O)CO. The summed E-state index contributed by atoms with van der Waals surface area (Å²) < 4.78 is 0.844. The number of nitrogens with two attached hydrogens (primary N) is 3. The molecule has 17 heteroatoms. The van der Waals surface area contributed by atoms with Crippen LogP contribution in [0, 0.1) is 5.92 Å². The van der Waals surface area contributed by atoms with Crippen LogP contribution in [0.25, 0.3) is 0 Å². The molecule has 0 saturated carbocycles. The fourth-order valence-corrected chi connectivity index (χ4v) is 1.98. The van der Waals surface area contributed by atoms with Gasteiger partial charge in [-0.25, -0.2) is 0 Å². The van der Waals surface area contributed by atoms with Crippen molar-refractivity contribution >= 4 is 17.9 Å². The van der Waals surface area contributed by atoms with Crippen molar-refractivity contribution in [1.82, 2.24) is 0 Å². The number of rotatable bonds is 13. The van der Waals surface area contributed by atoms with Gasteiger partial charge in [-0.3, -0.25) is 14.4 Å². The van der Waals surface area contributed by atoms with Crippen molar-refractivity contribution in [2.75, 3.05) is 67.3 Å². The van der Waals surface area contributed by atoms with E-state index >= 15 is 0 Å². The average molecular weight is 660 g/mol. The standard InChI is InChI=1S/C9H11NO2.C6H13NO2.C5H14NO.2C3H8O3.C2H5NO2/c10-8(9(11)12)6-7-4-2-1-3-5-7;1-4(2)3-5(7)6(8)9;1-6(2,3)4-5-7;2*4-1-3(6)2-5;3-1-2(4)5/h1-5,8H,6,10H2,(H,11,12);4-5H,3,7H2,1-2H3,(H,8,9);7H,4-5H2,1-3H3;2*3-6H,1-2H2;1,3H2,(H,4,5)/q;;+1;;;/t8-;5-;;;;/m00..../s1. The van der Waals surface area contributed by atoms with Gasteiger partial charge in [0.25, 0.3) is 0 Å². The number of aliphatic carboxylic acids is 3. The first kappa shape index (κ1) is 51.8. The van der Waals surface area contributed by atoms with Gasteiger partial charge in [0.05, 0.1) is 60.7 Å². The minimum atomic E-state index is -0.968. The Bertz CT molecular complexity index is 795. The third kappa shape index (κ3) is 51.1. The van der Waals surface area contributed by atoms with Gasteiger partial charge in [-0.2, -0.15) is 0 Å². The van der Waals surface area contributed by atoms with E-state index in [0.717, 1.165) is 16.6 Å². The van der Waals surface area contributed by atoms with Crippen LogP contribution in [0.2, 0.25) is 0 Å². The first-order valence-corrected chi connectivity index (χ1v) is 13.8. The Labute approximate surface area is 265 Å². The van der Waals surface area contributed by atoms with Crippen molar-refractivity contribution in [2.24, 2.45) is 23.1 Å². The van der Waals surface area contributed by atoms with E-state index in [1.165, 1.54) is 0 Å². The molecule has 0 unspecified atom stereocenters. The summed E-state index contributed by atoms with van der Waals surface area (Å²) in [5.74, 6) is -2.48. The normalized spacial score (nSPS) is 11.4. The number of benzene rings is 1. The van der Waals surface area contributed by atoms with E-state index < -0.39 is 42.2 Å². The monoisotopic (exact) mass is 659 g/mol. The molecule has 0 aliphatic carbocycles. The summed E-state index contributed by atoms with van der Waals surface area (Å²) >= 11 is 0.